The van der Waals surface area contributed by atoms with Crippen molar-refractivity contribution in [2.45, 2.75) is 173 Å². The predicted octanol–water partition coefficient (Wildman–Crippen LogP) is 7.81. The number of phosphoric acid groups is 1. The summed E-state index contributed by atoms with van der Waals surface area (Å²) >= 11 is 0. The van der Waals surface area contributed by atoms with Crippen molar-refractivity contribution in [3.63, 3.8) is 0 Å². The van der Waals surface area contributed by atoms with Gasteiger partial charge in [0.25, 0.3) is 0 Å². The molecule has 1 saturated carbocycles. The molecule has 6 atom stereocenters. The third-order valence-electron chi connectivity index (χ3n) is 9.46. The molecule has 0 spiro atoms. The maximum absolute atomic E-state index is 12.6. The Balaban J connectivity index is 2.46. The van der Waals surface area contributed by atoms with Gasteiger partial charge in [-0.05, 0) is 32.1 Å². The van der Waals surface area contributed by atoms with E-state index in [1.165, 1.54) is 51.4 Å². The Morgan fingerprint density at radius 1 is 0.849 bits per heavy atom. The van der Waals surface area contributed by atoms with Crippen LogP contribution in [0.1, 0.15) is 155 Å². The lowest BCUT2D eigenvalue weighted by atomic mass is 9.90. The number of hydrogen-bond acceptors (Lipinski definition) is 11. The van der Waals surface area contributed by atoms with Crippen molar-refractivity contribution in [3.05, 3.63) is 24.3 Å². The molecule has 0 aromatic carbocycles. The van der Waals surface area contributed by atoms with Crippen molar-refractivity contribution in [2.24, 2.45) is 17.6 Å². The molecule has 308 valence electrons. The standard InChI is InChI=1S/C40H72NO11P/c1-3-5-7-8-9-10-11-12-13-14-15-20-24-39(45)49-31-34(32-51-53(47,48)50-29-28-41)52-40(46)25-21-17-16-19-23-35-36(38(44)30-37(35)43)27-26-33(42)22-18-6-4-2/h16,19,26-27,33-36,38,42,44H,3-15,17-18,20-25,28-32,41H2,1-2H3,(H,47,48)/b19-16-,27-26+/t33-,34+,35+,36+,38+/m0/s1. The lowest BCUT2D eigenvalue weighted by Gasteiger charge is -2.19. The van der Waals surface area contributed by atoms with E-state index in [0.29, 0.717) is 32.1 Å². The second kappa shape index (κ2) is 31.3. The molecule has 1 aliphatic rings. The zero-order valence-corrected chi connectivity index (χ0v) is 33.6. The predicted molar refractivity (Wildman–Crippen MR) is 207 cm³/mol. The molecule has 0 aromatic heterocycles. The summed E-state index contributed by atoms with van der Waals surface area (Å²) in [6.45, 7) is 3.30. The van der Waals surface area contributed by atoms with E-state index in [2.05, 4.69) is 13.8 Å². The smallest absolute Gasteiger partial charge is 0.462 e. The minimum Gasteiger partial charge on any atom is -0.462 e. The fourth-order valence-corrected chi connectivity index (χ4v) is 7.09. The highest BCUT2D eigenvalue weighted by Crippen LogP contribution is 2.43. The minimum atomic E-state index is -4.45. The molecule has 0 amide bonds. The van der Waals surface area contributed by atoms with E-state index < -0.39 is 44.7 Å². The molecule has 1 unspecified atom stereocenters. The van der Waals surface area contributed by atoms with Crippen molar-refractivity contribution in [3.8, 4) is 0 Å². The Kier molecular flexibility index (Phi) is 29.0. The Morgan fingerprint density at radius 3 is 2.09 bits per heavy atom. The molecule has 0 radical (unpaired) electrons. The van der Waals surface area contributed by atoms with Crippen LogP contribution in [0.25, 0.3) is 0 Å². The molecule has 0 bridgehead atoms. The number of allylic oxidation sites excluding steroid dienone is 2. The molecule has 13 heteroatoms. The highest BCUT2D eigenvalue weighted by molar-refractivity contribution is 7.47. The van der Waals surface area contributed by atoms with E-state index in [1.54, 1.807) is 12.2 Å². The number of aliphatic hydroxyl groups excluding tert-OH is 2. The molecule has 1 fully saturated rings. The highest BCUT2D eigenvalue weighted by Gasteiger charge is 2.39. The van der Waals surface area contributed by atoms with Crippen molar-refractivity contribution in [1.29, 1.82) is 0 Å². The quantitative estimate of drug-likeness (QED) is 0.0215. The monoisotopic (exact) mass is 773 g/mol. The molecular formula is C40H72NO11P. The number of unbranched alkanes of at least 4 members (excludes halogenated alkanes) is 14. The first-order valence-electron chi connectivity index (χ1n) is 20.4. The van der Waals surface area contributed by atoms with Gasteiger partial charge in [-0.1, -0.05) is 128 Å². The molecule has 0 aromatic rings. The fourth-order valence-electron chi connectivity index (χ4n) is 6.32. The number of carbonyl (C=O) groups is 3. The molecule has 1 rings (SSSR count). The second-order valence-electron chi connectivity index (χ2n) is 14.3. The summed E-state index contributed by atoms with van der Waals surface area (Å²) in [4.78, 5) is 47.5. The maximum atomic E-state index is 12.6. The van der Waals surface area contributed by atoms with E-state index in [-0.39, 0.29) is 56.6 Å². The SMILES string of the molecule is CCCCCCCCCCCCCCC(=O)OC[C@H](COP(=O)(O)OCCN)OC(=O)CCC/C=C\C[C@H]1C(=O)C[C@@H](O)[C@@H]1/C=C/[C@@H](O)CCCCC. The number of nitrogens with two attached hydrogens (primary N) is 1. The van der Waals surface area contributed by atoms with Crippen LogP contribution in [0.5, 0.6) is 0 Å². The number of ketones is 1. The number of hydrogen-bond donors (Lipinski definition) is 4. The molecule has 1 aliphatic carbocycles. The Morgan fingerprint density at radius 2 is 1.45 bits per heavy atom. The van der Waals surface area contributed by atoms with Gasteiger partial charge < -0.3 is 30.3 Å². The van der Waals surface area contributed by atoms with Crippen LogP contribution in [-0.2, 0) is 37.5 Å². The summed E-state index contributed by atoms with van der Waals surface area (Å²) in [6, 6.07) is 0. The van der Waals surface area contributed by atoms with E-state index in [4.69, 9.17) is 24.3 Å². The average Bonchev–Trinajstić information content (AvgIpc) is 3.40. The Labute approximate surface area is 319 Å². The first-order valence-corrected chi connectivity index (χ1v) is 21.9. The Hall–Kier alpha value is -1.92. The van der Waals surface area contributed by atoms with Crippen LogP contribution in [0.4, 0.5) is 0 Å². The molecule has 0 saturated heterocycles. The molecule has 5 N–H and O–H groups in total. The van der Waals surface area contributed by atoms with Gasteiger partial charge in [-0.2, -0.15) is 0 Å². The van der Waals surface area contributed by atoms with E-state index in [1.807, 2.05) is 12.2 Å². The number of rotatable bonds is 34. The molecule has 53 heavy (non-hydrogen) atoms. The van der Waals surface area contributed by atoms with Crippen LogP contribution < -0.4 is 5.73 Å². The zero-order valence-electron chi connectivity index (χ0n) is 32.7. The van der Waals surface area contributed by atoms with Crippen molar-refractivity contribution in [2.75, 3.05) is 26.4 Å². The summed E-state index contributed by atoms with van der Waals surface area (Å²) < 4.78 is 32.6. The van der Waals surface area contributed by atoms with Crippen molar-refractivity contribution in [1.82, 2.24) is 0 Å². The van der Waals surface area contributed by atoms with Crippen LogP contribution in [0.3, 0.4) is 0 Å². The van der Waals surface area contributed by atoms with Gasteiger partial charge in [-0.15, -0.1) is 0 Å². The first-order chi connectivity index (χ1) is 25.5. The third kappa shape index (κ3) is 25.7. The fraction of sp³-hybridized carbons (Fsp3) is 0.825. The number of Topliss-reactive ketones (excluding diaryl/α,β-unsaturated/α-hetero) is 1. The lowest BCUT2D eigenvalue weighted by Crippen LogP contribution is -2.29. The third-order valence-corrected chi connectivity index (χ3v) is 10.4. The van der Waals surface area contributed by atoms with Gasteiger partial charge in [-0.3, -0.25) is 23.4 Å². The van der Waals surface area contributed by atoms with Gasteiger partial charge in [0.05, 0.1) is 25.4 Å². The van der Waals surface area contributed by atoms with Crippen LogP contribution in [0, 0.1) is 11.8 Å². The van der Waals surface area contributed by atoms with Gasteiger partial charge in [0.15, 0.2) is 6.10 Å². The molecular weight excluding hydrogens is 701 g/mol. The van der Waals surface area contributed by atoms with E-state index >= 15 is 0 Å². The summed E-state index contributed by atoms with van der Waals surface area (Å²) in [7, 11) is -4.45. The molecule has 12 nitrogen and oxygen atoms in total. The summed E-state index contributed by atoms with van der Waals surface area (Å²) in [5.74, 6) is -1.76. The summed E-state index contributed by atoms with van der Waals surface area (Å²) in [6.07, 6.45) is 24.3. The van der Waals surface area contributed by atoms with Crippen molar-refractivity contribution < 1.29 is 52.6 Å². The van der Waals surface area contributed by atoms with Crippen LogP contribution in [-0.4, -0.2) is 77.5 Å². The van der Waals surface area contributed by atoms with Gasteiger partial charge in [0.1, 0.15) is 12.4 Å². The van der Waals surface area contributed by atoms with Gasteiger partial charge in [-0.25, -0.2) is 4.57 Å². The molecule has 0 aliphatic heterocycles. The Bertz CT molecular complexity index is 1080. The normalized spacial score (nSPS) is 19.9. The maximum Gasteiger partial charge on any atom is 0.472 e. The number of ether oxygens (including phenoxy) is 2. The highest BCUT2D eigenvalue weighted by atomic mass is 31.2. The zero-order chi connectivity index (χ0) is 39.2. The number of aliphatic hydroxyl groups is 2. The lowest BCUT2D eigenvalue weighted by molar-refractivity contribution is -0.161. The van der Waals surface area contributed by atoms with Crippen LogP contribution in [0.15, 0.2) is 24.3 Å². The minimum absolute atomic E-state index is 0.00949. The summed E-state index contributed by atoms with van der Waals surface area (Å²) in [5, 5.41) is 20.6. The number of carbonyl (C=O) groups excluding carboxylic acids is 3. The average molecular weight is 774 g/mol. The van der Waals surface area contributed by atoms with Crippen molar-refractivity contribution >= 4 is 25.5 Å². The largest absolute Gasteiger partial charge is 0.472 e. The topological polar surface area (TPSA) is 192 Å². The van der Waals surface area contributed by atoms with Crippen LogP contribution >= 0.6 is 7.82 Å². The first kappa shape index (κ1) is 49.1. The van der Waals surface area contributed by atoms with Crippen LogP contribution in [0.2, 0.25) is 0 Å². The number of esters is 2. The van der Waals surface area contributed by atoms with Gasteiger partial charge in [0.2, 0.25) is 0 Å². The van der Waals surface area contributed by atoms with Gasteiger partial charge in [0, 0.05) is 37.6 Å². The van der Waals surface area contributed by atoms with Gasteiger partial charge >= 0.3 is 19.8 Å². The number of phosphoric ester groups is 1. The summed E-state index contributed by atoms with van der Waals surface area (Å²) in [5.41, 5.74) is 5.33. The van der Waals surface area contributed by atoms with E-state index in [0.717, 1.165) is 38.5 Å². The van der Waals surface area contributed by atoms with E-state index in [9.17, 15) is 34.1 Å². The second-order valence-corrected chi connectivity index (χ2v) is 15.7. The molecule has 0 heterocycles.